The summed E-state index contributed by atoms with van der Waals surface area (Å²) in [5.41, 5.74) is 3.89. The average Bonchev–Trinajstić information content (AvgIpc) is 2.98. The van der Waals surface area contributed by atoms with Crippen molar-refractivity contribution in [3.8, 4) is 0 Å². The predicted molar refractivity (Wildman–Crippen MR) is 83.5 cm³/mol. The molecule has 2 aliphatic rings. The van der Waals surface area contributed by atoms with Crippen molar-refractivity contribution in [1.29, 1.82) is 0 Å². The van der Waals surface area contributed by atoms with E-state index in [0.717, 1.165) is 0 Å². The topological polar surface area (TPSA) is 157 Å². The van der Waals surface area contributed by atoms with Crippen LogP contribution in [0.4, 0.5) is 5.95 Å². The van der Waals surface area contributed by atoms with Crippen LogP contribution < -0.4 is 11.3 Å². The van der Waals surface area contributed by atoms with Gasteiger partial charge in [-0.3, -0.25) is 18.8 Å². The largest absolute Gasteiger partial charge is 0.472 e. The quantitative estimate of drug-likeness (QED) is 0.514. The molecular formula is C12H14N3O7PS. The molecule has 4 heterocycles. The van der Waals surface area contributed by atoms with Crippen LogP contribution in [-0.2, 0) is 18.3 Å². The van der Waals surface area contributed by atoms with Crippen molar-refractivity contribution in [1.82, 2.24) is 9.97 Å². The van der Waals surface area contributed by atoms with Crippen molar-refractivity contribution in [2.75, 3.05) is 12.3 Å². The number of aromatic amines is 1. The molecule has 4 rings (SSSR count). The summed E-state index contributed by atoms with van der Waals surface area (Å²) < 4.78 is 27.2. The Morgan fingerprint density at radius 3 is 3.08 bits per heavy atom. The van der Waals surface area contributed by atoms with Gasteiger partial charge >= 0.3 is 7.82 Å². The van der Waals surface area contributed by atoms with E-state index >= 15 is 0 Å². The minimum absolute atomic E-state index is 0.0540. The fourth-order valence-corrected chi connectivity index (χ4v) is 5.22. The van der Waals surface area contributed by atoms with Crippen LogP contribution >= 0.6 is 19.2 Å². The number of nitrogens with zero attached hydrogens (tertiary/aromatic N) is 1. The lowest BCUT2D eigenvalue weighted by Crippen LogP contribution is -2.46. The predicted octanol–water partition coefficient (Wildman–Crippen LogP) is 0.273. The highest BCUT2D eigenvalue weighted by atomic mass is 32.1. The van der Waals surface area contributed by atoms with E-state index in [1.165, 1.54) is 18.3 Å². The molecule has 2 fully saturated rings. The molecule has 0 aliphatic carbocycles. The minimum atomic E-state index is -4.23. The third-order valence-electron chi connectivity index (χ3n) is 4.15. The maximum Gasteiger partial charge on any atom is 0.472 e. The van der Waals surface area contributed by atoms with E-state index in [0.29, 0.717) is 15.8 Å². The molecule has 12 heteroatoms. The number of anilines is 1. The van der Waals surface area contributed by atoms with Crippen molar-refractivity contribution < 1.29 is 28.3 Å². The molecule has 2 aromatic heterocycles. The van der Waals surface area contributed by atoms with Gasteiger partial charge in [0.25, 0.3) is 5.56 Å². The van der Waals surface area contributed by atoms with Gasteiger partial charge in [0, 0.05) is 5.38 Å². The summed E-state index contributed by atoms with van der Waals surface area (Å²) in [6, 6.07) is 0. The Balaban J connectivity index is 1.81. The number of nitrogens with one attached hydrogen (secondary N) is 1. The summed E-state index contributed by atoms with van der Waals surface area (Å²) in [4.78, 5) is 28.4. The lowest BCUT2D eigenvalue weighted by atomic mass is 9.92. The third-order valence-corrected chi connectivity index (χ3v) is 6.14. The first-order chi connectivity index (χ1) is 11.2. The molecule has 10 nitrogen and oxygen atoms in total. The molecule has 2 saturated heterocycles. The standard InChI is InChI=1S/C12H14N3O7PS/c1-12(17)8-5(2-20-23(18,19)22-8)21-9(12)7-6-4(3-24-7)10(16)15-11(13)14-6/h3,5,8-9,17H,2H2,1H3,(H,18,19)(H3,13,14,15,16)/t5-,8-,9+,12-/m1/s1. The molecule has 5 atom stereocenters. The second-order valence-electron chi connectivity index (χ2n) is 5.88. The van der Waals surface area contributed by atoms with Crippen molar-refractivity contribution in [2.45, 2.75) is 30.8 Å². The van der Waals surface area contributed by atoms with E-state index < -0.39 is 37.3 Å². The van der Waals surface area contributed by atoms with Gasteiger partial charge in [0.05, 0.1) is 22.4 Å². The summed E-state index contributed by atoms with van der Waals surface area (Å²) in [5, 5.41) is 12.8. The summed E-state index contributed by atoms with van der Waals surface area (Å²) in [6.07, 6.45) is -2.69. The Bertz CT molecular complexity index is 925. The molecule has 2 aromatic rings. The van der Waals surface area contributed by atoms with E-state index in [4.69, 9.17) is 19.5 Å². The number of H-pyrrole nitrogens is 1. The van der Waals surface area contributed by atoms with Gasteiger partial charge in [-0.2, -0.15) is 0 Å². The first kappa shape index (κ1) is 16.2. The third kappa shape index (κ3) is 2.32. The van der Waals surface area contributed by atoms with Crippen LogP contribution in [0.2, 0.25) is 0 Å². The Morgan fingerprint density at radius 2 is 2.33 bits per heavy atom. The van der Waals surface area contributed by atoms with Gasteiger partial charge < -0.3 is 20.5 Å². The molecule has 0 bridgehead atoms. The van der Waals surface area contributed by atoms with E-state index in [9.17, 15) is 19.4 Å². The Labute approximate surface area is 138 Å². The molecule has 0 amide bonds. The van der Waals surface area contributed by atoms with Gasteiger partial charge in [-0.1, -0.05) is 0 Å². The zero-order chi connectivity index (χ0) is 17.3. The van der Waals surface area contributed by atoms with E-state index in [-0.39, 0.29) is 12.6 Å². The number of hydrogen-bond donors (Lipinski definition) is 4. The number of rotatable bonds is 1. The summed E-state index contributed by atoms with van der Waals surface area (Å²) in [6.45, 7) is 1.25. The van der Waals surface area contributed by atoms with Gasteiger partial charge in [-0.25, -0.2) is 9.55 Å². The number of phosphoric ester groups is 1. The number of fused-ring (bicyclic) bond motifs is 2. The summed E-state index contributed by atoms with van der Waals surface area (Å²) in [5.74, 6) is -0.0540. The van der Waals surface area contributed by atoms with Crippen LogP contribution in [0.5, 0.6) is 0 Å². The van der Waals surface area contributed by atoms with Crippen LogP contribution in [0.3, 0.4) is 0 Å². The zero-order valence-corrected chi connectivity index (χ0v) is 14.0. The van der Waals surface area contributed by atoms with Gasteiger partial charge in [0.15, 0.2) is 0 Å². The highest BCUT2D eigenvalue weighted by Crippen LogP contribution is 2.56. The van der Waals surface area contributed by atoms with Gasteiger partial charge in [0.2, 0.25) is 5.95 Å². The SMILES string of the molecule is C[C@@]1(O)[C@@H]2OP(=O)(O)OC[C@H]2O[C@H]1c1scc2c(=O)[nH]c(N)nc12. The Hall–Kier alpha value is -1.33. The second kappa shape index (κ2) is 5.09. The second-order valence-corrected chi connectivity index (χ2v) is 8.20. The molecular weight excluding hydrogens is 361 g/mol. The normalized spacial score (nSPS) is 39.2. The molecule has 0 aromatic carbocycles. The van der Waals surface area contributed by atoms with Crippen molar-refractivity contribution in [3.05, 3.63) is 20.6 Å². The maximum absolute atomic E-state index is 11.9. The molecule has 24 heavy (non-hydrogen) atoms. The van der Waals surface area contributed by atoms with Crippen molar-refractivity contribution in [2.24, 2.45) is 0 Å². The Morgan fingerprint density at radius 1 is 1.58 bits per heavy atom. The number of phosphoric acid groups is 1. The Kier molecular flexibility index (Phi) is 3.42. The highest BCUT2D eigenvalue weighted by molar-refractivity contribution is 7.47. The number of aromatic nitrogens is 2. The number of aliphatic hydroxyl groups is 1. The fourth-order valence-electron chi connectivity index (χ4n) is 3.04. The van der Waals surface area contributed by atoms with Crippen LogP contribution in [0.15, 0.2) is 10.2 Å². The lowest BCUT2D eigenvalue weighted by Gasteiger charge is -2.33. The number of nitrogen functional groups attached to an aromatic ring is 1. The molecule has 1 unspecified atom stereocenters. The van der Waals surface area contributed by atoms with Crippen LogP contribution in [0.25, 0.3) is 10.9 Å². The first-order valence-corrected chi connectivity index (χ1v) is 9.37. The molecule has 0 radical (unpaired) electrons. The summed E-state index contributed by atoms with van der Waals surface area (Å²) >= 11 is 1.18. The average molecular weight is 375 g/mol. The highest BCUT2D eigenvalue weighted by Gasteiger charge is 2.59. The fraction of sp³-hybridized carbons (Fsp3) is 0.500. The van der Waals surface area contributed by atoms with Crippen LogP contribution in [-0.4, -0.2) is 44.4 Å². The van der Waals surface area contributed by atoms with Crippen molar-refractivity contribution >= 4 is 36.0 Å². The van der Waals surface area contributed by atoms with Gasteiger partial charge in [0.1, 0.15) is 23.9 Å². The van der Waals surface area contributed by atoms with Gasteiger partial charge in [-0.15, -0.1) is 11.3 Å². The van der Waals surface area contributed by atoms with E-state index in [1.807, 2.05) is 0 Å². The molecule has 0 saturated carbocycles. The van der Waals surface area contributed by atoms with Crippen LogP contribution in [0, 0.1) is 0 Å². The molecule has 5 N–H and O–H groups in total. The first-order valence-electron chi connectivity index (χ1n) is 6.99. The number of hydrogen-bond acceptors (Lipinski definition) is 9. The number of ether oxygens (including phenoxy) is 1. The number of nitrogens with two attached hydrogens (primary N) is 1. The van der Waals surface area contributed by atoms with E-state index in [1.54, 1.807) is 5.38 Å². The smallest absolute Gasteiger partial charge is 0.384 e. The molecule has 0 spiro atoms. The molecule has 130 valence electrons. The molecule has 2 aliphatic heterocycles. The summed E-state index contributed by atoms with van der Waals surface area (Å²) in [7, 11) is -4.23. The van der Waals surface area contributed by atoms with Gasteiger partial charge in [-0.05, 0) is 6.92 Å². The van der Waals surface area contributed by atoms with Crippen LogP contribution in [0.1, 0.15) is 17.9 Å². The zero-order valence-electron chi connectivity index (χ0n) is 12.3. The van der Waals surface area contributed by atoms with E-state index in [2.05, 4.69) is 9.97 Å². The minimum Gasteiger partial charge on any atom is -0.384 e. The number of thiophene rings is 1. The monoisotopic (exact) mass is 375 g/mol. The lowest BCUT2D eigenvalue weighted by molar-refractivity contribution is -0.0734. The van der Waals surface area contributed by atoms with Crippen molar-refractivity contribution in [3.63, 3.8) is 0 Å². The maximum atomic E-state index is 11.9.